The number of carbonyl (C=O) groups is 1. The van der Waals surface area contributed by atoms with Crippen molar-refractivity contribution in [2.24, 2.45) is 0 Å². The van der Waals surface area contributed by atoms with Crippen LogP contribution in [0.2, 0.25) is 5.02 Å². The van der Waals surface area contributed by atoms with Gasteiger partial charge < -0.3 is 10.6 Å². The number of rotatable bonds is 5. The Morgan fingerprint density at radius 2 is 1.84 bits per heavy atom. The van der Waals surface area contributed by atoms with Gasteiger partial charge in [-0.3, -0.25) is 4.79 Å². The lowest BCUT2D eigenvalue weighted by atomic mass is 10.1. The summed E-state index contributed by atoms with van der Waals surface area (Å²) in [5.41, 5.74) is 0.999. The summed E-state index contributed by atoms with van der Waals surface area (Å²) in [6.07, 6.45) is 0.481. The molecule has 0 saturated carbocycles. The van der Waals surface area contributed by atoms with Crippen LogP contribution in [0, 0.1) is 0 Å². The fourth-order valence-electron chi connectivity index (χ4n) is 1.75. The van der Waals surface area contributed by atoms with Crippen molar-refractivity contribution < 1.29 is 4.79 Å². The van der Waals surface area contributed by atoms with E-state index in [2.05, 4.69) is 17.6 Å². The minimum atomic E-state index is -0.168. The Morgan fingerprint density at radius 3 is 2.37 bits per heavy atom. The van der Waals surface area contributed by atoms with E-state index < -0.39 is 0 Å². The summed E-state index contributed by atoms with van der Waals surface area (Å²) in [7, 11) is 0. The summed E-state index contributed by atoms with van der Waals surface area (Å²) in [6.45, 7) is 8.68. The van der Waals surface area contributed by atoms with Crippen LogP contribution in [-0.2, 0) is 4.79 Å². The second kappa shape index (κ2) is 6.92. The van der Waals surface area contributed by atoms with Gasteiger partial charge in [-0.2, -0.15) is 0 Å². The molecule has 0 radical (unpaired) electrons. The molecule has 1 aromatic carbocycles. The highest BCUT2D eigenvalue weighted by Gasteiger charge is 2.13. The lowest BCUT2D eigenvalue weighted by Gasteiger charge is -2.21. The van der Waals surface area contributed by atoms with E-state index in [4.69, 9.17) is 11.6 Å². The van der Waals surface area contributed by atoms with Crippen molar-refractivity contribution >= 4 is 17.5 Å². The number of nitrogens with one attached hydrogen (secondary N) is 2. The molecule has 1 aromatic rings. The fourth-order valence-corrected chi connectivity index (χ4v) is 1.88. The van der Waals surface area contributed by atoms with Crippen molar-refractivity contribution in [3.8, 4) is 0 Å². The standard InChI is InChI=1S/C15H23ClN2O/c1-11(12-5-7-13(16)8-6-12)17-10-9-14(19)18-15(2,3)4/h5-8,11,17H,9-10H2,1-4H3,(H,18,19). The molecule has 106 valence electrons. The quantitative estimate of drug-likeness (QED) is 0.870. The predicted molar refractivity (Wildman–Crippen MR) is 80.4 cm³/mol. The van der Waals surface area contributed by atoms with Crippen LogP contribution in [0.25, 0.3) is 0 Å². The highest BCUT2D eigenvalue weighted by molar-refractivity contribution is 6.30. The van der Waals surface area contributed by atoms with Crippen molar-refractivity contribution in [2.45, 2.75) is 45.7 Å². The van der Waals surface area contributed by atoms with E-state index in [-0.39, 0.29) is 17.5 Å². The molecule has 0 aliphatic heterocycles. The zero-order valence-corrected chi connectivity index (χ0v) is 12.8. The number of amides is 1. The Morgan fingerprint density at radius 1 is 1.26 bits per heavy atom. The van der Waals surface area contributed by atoms with Crippen molar-refractivity contribution in [1.29, 1.82) is 0 Å². The van der Waals surface area contributed by atoms with Gasteiger partial charge in [0.05, 0.1) is 0 Å². The molecule has 4 heteroatoms. The molecule has 1 rings (SSSR count). The molecule has 1 atom stereocenters. The van der Waals surface area contributed by atoms with Crippen LogP contribution in [0.5, 0.6) is 0 Å². The van der Waals surface area contributed by atoms with Gasteiger partial charge in [0.15, 0.2) is 0 Å². The van der Waals surface area contributed by atoms with Crippen LogP contribution in [0.3, 0.4) is 0 Å². The van der Waals surface area contributed by atoms with Crippen molar-refractivity contribution in [3.63, 3.8) is 0 Å². The van der Waals surface area contributed by atoms with E-state index >= 15 is 0 Å². The summed E-state index contributed by atoms with van der Waals surface area (Å²) >= 11 is 5.85. The van der Waals surface area contributed by atoms with Gasteiger partial charge in [-0.15, -0.1) is 0 Å². The van der Waals surface area contributed by atoms with Gasteiger partial charge in [-0.25, -0.2) is 0 Å². The van der Waals surface area contributed by atoms with Crippen LogP contribution in [0.1, 0.15) is 45.7 Å². The average Bonchev–Trinajstić information content (AvgIpc) is 2.27. The van der Waals surface area contributed by atoms with Gasteiger partial charge in [0.1, 0.15) is 0 Å². The fraction of sp³-hybridized carbons (Fsp3) is 0.533. The molecule has 0 saturated heterocycles. The van der Waals surface area contributed by atoms with Crippen LogP contribution in [0.15, 0.2) is 24.3 Å². The Hall–Kier alpha value is -1.06. The Bertz CT molecular complexity index is 409. The van der Waals surface area contributed by atoms with Crippen molar-refractivity contribution in [2.75, 3.05) is 6.54 Å². The van der Waals surface area contributed by atoms with Gasteiger partial charge in [0.25, 0.3) is 0 Å². The van der Waals surface area contributed by atoms with E-state index in [9.17, 15) is 4.79 Å². The van der Waals surface area contributed by atoms with Gasteiger partial charge >= 0.3 is 0 Å². The topological polar surface area (TPSA) is 41.1 Å². The molecule has 0 bridgehead atoms. The predicted octanol–water partition coefficient (Wildman–Crippen LogP) is 3.30. The minimum absolute atomic E-state index is 0.0725. The molecule has 1 amide bonds. The molecule has 19 heavy (non-hydrogen) atoms. The Kier molecular flexibility index (Phi) is 5.83. The maximum absolute atomic E-state index is 11.7. The first-order valence-corrected chi connectivity index (χ1v) is 6.95. The SMILES string of the molecule is CC(NCCC(=O)NC(C)(C)C)c1ccc(Cl)cc1. The van der Waals surface area contributed by atoms with E-state index in [0.29, 0.717) is 13.0 Å². The summed E-state index contributed by atoms with van der Waals surface area (Å²) < 4.78 is 0. The number of hydrogen-bond donors (Lipinski definition) is 2. The number of carbonyl (C=O) groups excluding carboxylic acids is 1. The van der Waals surface area contributed by atoms with Crippen molar-refractivity contribution in [1.82, 2.24) is 10.6 Å². The molecule has 0 aliphatic carbocycles. The smallest absolute Gasteiger partial charge is 0.221 e. The molecule has 0 heterocycles. The van der Waals surface area contributed by atoms with E-state index in [1.807, 2.05) is 45.0 Å². The molecule has 0 aliphatic rings. The minimum Gasteiger partial charge on any atom is -0.351 e. The third kappa shape index (κ3) is 6.60. The number of halogens is 1. The average molecular weight is 283 g/mol. The monoisotopic (exact) mass is 282 g/mol. The zero-order chi connectivity index (χ0) is 14.5. The molecular formula is C15H23ClN2O. The van der Waals surface area contributed by atoms with E-state index in [1.54, 1.807) is 0 Å². The second-order valence-corrected chi connectivity index (χ2v) is 6.21. The second-order valence-electron chi connectivity index (χ2n) is 5.78. The molecule has 0 aromatic heterocycles. The number of hydrogen-bond acceptors (Lipinski definition) is 2. The summed E-state index contributed by atoms with van der Waals surface area (Å²) in [5, 5.41) is 7.01. The molecule has 0 fully saturated rings. The highest BCUT2D eigenvalue weighted by Crippen LogP contribution is 2.15. The van der Waals surface area contributed by atoms with Crippen molar-refractivity contribution in [3.05, 3.63) is 34.9 Å². The maximum atomic E-state index is 11.7. The third-order valence-corrected chi connectivity index (χ3v) is 2.94. The normalized spacial score (nSPS) is 13.1. The maximum Gasteiger partial charge on any atom is 0.221 e. The third-order valence-electron chi connectivity index (χ3n) is 2.69. The summed E-state index contributed by atoms with van der Waals surface area (Å²) in [4.78, 5) is 11.7. The van der Waals surface area contributed by atoms with Crippen LogP contribution < -0.4 is 10.6 Å². The van der Waals surface area contributed by atoms with Gasteiger partial charge in [-0.05, 0) is 45.4 Å². The first kappa shape index (κ1) is 16.0. The molecule has 2 N–H and O–H groups in total. The highest BCUT2D eigenvalue weighted by atomic mass is 35.5. The molecular weight excluding hydrogens is 260 g/mol. The number of benzene rings is 1. The van der Waals surface area contributed by atoms with Crippen LogP contribution in [-0.4, -0.2) is 18.0 Å². The van der Waals surface area contributed by atoms with Gasteiger partial charge in [-0.1, -0.05) is 23.7 Å². The van der Waals surface area contributed by atoms with Crippen LogP contribution in [0.4, 0.5) is 0 Å². The zero-order valence-electron chi connectivity index (χ0n) is 12.1. The summed E-state index contributed by atoms with van der Waals surface area (Å²) in [6, 6.07) is 7.95. The van der Waals surface area contributed by atoms with Gasteiger partial charge in [0, 0.05) is 29.6 Å². The summed E-state index contributed by atoms with van der Waals surface area (Å²) in [5.74, 6) is 0.0725. The van der Waals surface area contributed by atoms with E-state index in [0.717, 1.165) is 5.02 Å². The largest absolute Gasteiger partial charge is 0.351 e. The molecule has 0 spiro atoms. The van der Waals surface area contributed by atoms with Crippen LogP contribution >= 0.6 is 11.6 Å². The molecule has 3 nitrogen and oxygen atoms in total. The van der Waals surface area contributed by atoms with E-state index in [1.165, 1.54) is 5.56 Å². The molecule has 1 unspecified atom stereocenters. The first-order chi connectivity index (χ1) is 8.78. The lowest BCUT2D eigenvalue weighted by molar-refractivity contribution is -0.122. The first-order valence-electron chi connectivity index (χ1n) is 6.58. The Balaban J connectivity index is 2.33. The Labute approximate surface area is 120 Å². The van der Waals surface area contributed by atoms with Gasteiger partial charge in [0.2, 0.25) is 5.91 Å². The lowest BCUT2D eigenvalue weighted by Crippen LogP contribution is -2.41.